The lowest BCUT2D eigenvalue weighted by molar-refractivity contribution is 0.685. The first kappa shape index (κ1) is 12.9. The predicted molar refractivity (Wildman–Crippen MR) is 75.9 cm³/mol. The first-order valence-electron chi connectivity index (χ1n) is 6.75. The Kier molecular flexibility index (Phi) is 4.18. The molecule has 0 aliphatic heterocycles. The van der Waals surface area contributed by atoms with Crippen molar-refractivity contribution >= 4 is 16.7 Å². The van der Waals surface area contributed by atoms with E-state index < -0.39 is 0 Å². The van der Waals surface area contributed by atoms with Crippen molar-refractivity contribution in [3.8, 4) is 0 Å². The van der Waals surface area contributed by atoms with Crippen molar-refractivity contribution in [3.63, 3.8) is 0 Å². The van der Waals surface area contributed by atoms with Crippen LogP contribution in [0.1, 0.15) is 38.3 Å². The van der Waals surface area contributed by atoms with E-state index in [1.807, 2.05) is 24.9 Å². The predicted octanol–water partition coefficient (Wildman–Crippen LogP) is 3.27. The Morgan fingerprint density at radius 1 is 1.28 bits per heavy atom. The van der Waals surface area contributed by atoms with Gasteiger partial charge in [0, 0.05) is 19.0 Å². The number of nitrogens with zero attached hydrogens (tertiary/aromatic N) is 3. The fourth-order valence-electron chi connectivity index (χ4n) is 2.19. The van der Waals surface area contributed by atoms with Gasteiger partial charge in [0.15, 0.2) is 5.65 Å². The molecule has 0 aromatic carbocycles. The lowest BCUT2D eigenvalue weighted by Gasteiger charge is -2.05. The van der Waals surface area contributed by atoms with Gasteiger partial charge in [0.2, 0.25) is 0 Å². The molecule has 0 aliphatic rings. The zero-order valence-electron chi connectivity index (χ0n) is 11.5. The summed E-state index contributed by atoms with van der Waals surface area (Å²) in [6, 6.07) is 2.14. The van der Waals surface area contributed by atoms with E-state index in [9.17, 15) is 0 Å². The third kappa shape index (κ3) is 2.81. The van der Waals surface area contributed by atoms with Crippen LogP contribution in [0.25, 0.3) is 11.0 Å². The van der Waals surface area contributed by atoms with E-state index in [-0.39, 0.29) is 0 Å². The van der Waals surface area contributed by atoms with Gasteiger partial charge in [0.1, 0.15) is 0 Å². The molecular weight excluding hydrogens is 224 g/mol. The summed E-state index contributed by atoms with van der Waals surface area (Å²) in [5.41, 5.74) is 3.08. The first-order valence-corrected chi connectivity index (χ1v) is 6.75. The largest absolute Gasteiger partial charge is 0.384 e. The molecule has 0 amide bonds. The molecule has 0 bridgehead atoms. The molecule has 2 aromatic rings. The first-order chi connectivity index (χ1) is 8.72. The summed E-state index contributed by atoms with van der Waals surface area (Å²) >= 11 is 0. The van der Waals surface area contributed by atoms with Crippen LogP contribution in [0.3, 0.4) is 0 Å². The zero-order chi connectivity index (χ0) is 13.0. The van der Waals surface area contributed by atoms with Gasteiger partial charge in [-0.3, -0.25) is 4.68 Å². The molecule has 1 N–H and O–H groups in total. The number of anilines is 1. The molecule has 4 heteroatoms. The second kappa shape index (κ2) is 5.85. The van der Waals surface area contributed by atoms with Crippen molar-refractivity contribution in [2.24, 2.45) is 7.05 Å². The van der Waals surface area contributed by atoms with Crippen molar-refractivity contribution in [2.75, 3.05) is 11.9 Å². The van der Waals surface area contributed by atoms with Crippen molar-refractivity contribution in [1.29, 1.82) is 0 Å². The number of fused-ring (bicyclic) bond motifs is 1. The van der Waals surface area contributed by atoms with Crippen LogP contribution >= 0.6 is 0 Å². The second-order valence-electron chi connectivity index (χ2n) is 4.79. The minimum absolute atomic E-state index is 0.948. The van der Waals surface area contributed by atoms with Gasteiger partial charge < -0.3 is 5.32 Å². The monoisotopic (exact) mass is 246 g/mol. The van der Waals surface area contributed by atoms with Crippen LogP contribution in [0.15, 0.2) is 12.3 Å². The highest BCUT2D eigenvalue weighted by Crippen LogP contribution is 2.19. The third-order valence-electron chi connectivity index (χ3n) is 3.22. The Morgan fingerprint density at radius 3 is 2.89 bits per heavy atom. The van der Waals surface area contributed by atoms with E-state index in [4.69, 9.17) is 0 Å². The van der Waals surface area contributed by atoms with E-state index >= 15 is 0 Å². The molecule has 0 fully saturated rings. The maximum Gasteiger partial charge on any atom is 0.157 e. The summed E-state index contributed by atoms with van der Waals surface area (Å²) < 4.78 is 1.83. The smallest absolute Gasteiger partial charge is 0.157 e. The molecule has 0 saturated heterocycles. The van der Waals surface area contributed by atoms with Crippen LogP contribution in [0, 0.1) is 6.92 Å². The second-order valence-corrected chi connectivity index (χ2v) is 4.79. The molecule has 0 unspecified atom stereocenters. The average molecular weight is 246 g/mol. The summed E-state index contributed by atoms with van der Waals surface area (Å²) in [4.78, 5) is 4.45. The van der Waals surface area contributed by atoms with Crippen LogP contribution in [0.4, 0.5) is 5.69 Å². The highest BCUT2D eigenvalue weighted by Gasteiger charge is 2.06. The summed E-state index contributed by atoms with van der Waals surface area (Å²) in [7, 11) is 1.93. The summed E-state index contributed by atoms with van der Waals surface area (Å²) in [6.45, 7) is 5.28. The summed E-state index contributed by atoms with van der Waals surface area (Å²) in [6.07, 6.45) is 7.01. The van der Waals surface area contributed by atoms with Gasteiger partial charge in [-0.1, -0.05) is 26.2 Å². The Hall–Kier alpha value is -1.58. The molecule has 0 saturated carbocycles. The standard InChI is InChI=1S/C14H22N4/c1-4-5-6-7-8-15-12-9-13-11(2)17-18(3)14(13)16-10-12/h9-10,15H,4-8H2,1-3H3. The number of unbranched alkanes of at least 4 members (excludes halogenated alkanes) is 3. The van der Waals surface area contributed by atoms with Crippen molar-refractivity contribution < 1.29 is 0 Å². The molecule has 2 heterocycles. The quantitative estimate of drug-likeness (QED) is 0.795. The molecular formula is C14H22N4. The fourth-order valence-corrected chi connectivity index (χ4v) is 2.19. The van der Waals surface area contributed by atoms with E-state index in [0.717, 1.165) is 29.0 Å². The normalized spacial score (nSPS) is 11.1. The number of nitrogens with one attached hydrogen (secondary N) is 1. The number of hydrogen-bond acceptors (Lipinski definition) is 3. The van der Waals surface area contributed by atoms with Gasteiger partial charge in [0.25, 0.3) is 0 Å². The Labute approximate surface area is 108 Å². The third-order valence-corrected chi connectivity index (χ3v) is 3.22. The van der Waals surface area contributed by atoms with E-state index in [1.165, 1.54) is 25.7 Å². The lowest BCUT2D eigenvalue weighted by atomic mass is 10.2. The van der Waals surface area contributed by atoms with Crippen molar-refractivity contribution in [2.45, 2.75) is 39.5 Å². The van der Waals surface area contributed by atoms with Crippen molar-refractivity contribution in [1.82, 2.24) is 14.8 Å². The number of rotatable bonds is 6. The van der Waals surface area contributed by atoms with Gasteiger partial charge >= 0.3 is 0 Å². The van der Waals surface area contributed by atoms with Crippen LogP contribution in [0.2, 0.25) is 0 Å². The number of aromatic nitrogens is 3. The highest BCUT2D eigenvalue weighted by molar-refractivity contribution is 5.81. The lowest BCUT2D eigenvalue weighted by Crippen LogP contribution is -2.02. The van der Waals surface area contributed by atoms with Crippen molar-refractivity contribution in [3.05, 3.63) is 18.0 Å². The van der Waals surface area contributed by atoms with Gasteiger partial charge in [-0.25, -0.2) is 4.98 Å². The molecule has 0 atom stereocenters. The van der Waals surface area contributed by atoms with Crippen LogP contribution in [0.5, 0.6) is 0 Å². The number of pyridine rings is 1. The Bertz CT molecular complexity index is 516. The summed E-state index contributed by atoms with van der Waals surface area (Å²) in [5, 5.41) is 8.95. The maximum atomic E-state index is 4.45. The van der Waals surface area contributed by atoms with Crippen LogP contribution in [-0.2, 0) is 7.05 Å². The SMILES string of the molecule is CCCCCCNc1cnc2c(c1)c(C)nn2C. The van der Waals surface area contributed by atoms with E-state index in [2.05, 4.69) is 28.4 Å². The van der Waals surface area contributed by atoms with E-state index in [1.54, 1.807) is 0 Å². The topological polar surface area (TPSA) is 42.7 Å². The Balaban J connectivity index is 1.99. The van der Waals surface area contributed by atoms with Gasteiger partial charge in [-0.05, 0) is 19.4 Å². The van der Waals surface area contributed by atoms with Crippen LogP contribution in [-0.4, -0.2) is 21.3 Å². The summed E-state index contributed by atoms with van der Waals surface area (Å²) in [5.74, 6) is 0. The minimum atomic E-state index is 0.948. The molecule has 98 valence electrons. The molecule has 18 heavy (non-hydrogen) atoms. The number of aryl methyl sites for hydroxylation is 2. The minimum Gasteiger partial charge on any atom is -0.384 e. The molecule has 2 aromatic heterocycles. The Morgan fingerprint density at radius 2 is 2.11 bits per heavy atom. The zero-order valence-corrected chi connectivity index (χ0v) is 11.5. The molecule has 0 aliphatic carbocycles. The molecule has 0 radical (unpaired) electrons. The van der Waals surface area contributed by atoms with E-state index in [0.29, 0.717) is 0 Å². The fraction of sp³-hybridized carbons (Fsp3) is 0.571. The average Bonchev–Trinajstić information content (AvgIpc) is 2.65. The van der Waals surface area contributed by atoms with Crippen LogP contribution < -0.4 is 5.32 Å². The number of hydrogen-bond donors (Lipinski definition) is 1. The van der Waals surface area contributed by atoms with Gasteiger partial charge in [-0.15, -0.1) is 0 Å². The van der Waals surface area contributed by atoms with Gasteiger partial charge in [0.05, 0.1) is 17.6 Å². The molecule has 4 nitrogen and oxygen atoms in total. The molecule has 0 spiro atoms. The van der Waals surface area contributed by atoms with Gasteiger partial charge in [-0.2, -0.15) is 5.10 Å². The molecule has 2 rings (SSSR count). The highest BCUT2D eigenvalue weighted by atomic mass is 15.3. The maximum absolute atomic E-state index is 4.45.